The highest BCUT2D eigenvalue weighted by Crippen LogP contribution is 2.21. The second-order valence-corrected chi connectivity index (χ2v) is 10.1. The number of hydrogen-bond acceptors (Lipinski definition) is 1. The Bertz CT molecular complexity index is 276. The van der Waals surface area contributed by atoms with Crippen LogP contribution in [-0.4, -0.2) is 15.3 Å². The molecule has 1 nitrogen and oxygen atoms in total. The Morgan fingerprint density at radius 2 is 1.54 bits per heavy atom. The van der Waals surface area contributed by atoms with E-state index in [4.69, 9.17) is 0 Å². The number of nitrogens with zero attached hydrogens (tertiary/aromatic N) is 1. The quantitative estimate of drug-likeness (QED) is 0.731. The van der Waals surface area contributed by atoms with Gasteiger partial charge in [-0.1, -0.05) is 35.6 Å². The number of hydrogen-bond donors (Lipinski definition) is 0. The highest BCUT2D eigenvalue weighted by atomic mass is 79.9. The second-order valence-electron chi connectivity index (χ2n) is 4.21. The van der Waals surface area contributed by atoms with Crippen LogP contribution in [0.4, 0.5) is 5.69 Å². The van der Waals surface area contributed by atoms with E-state index in [-0.39, 0.29) is 0 Å². The molecule has 0 radical (unpaired) electrons. The molecular weight excluding hydrogens is 242 g/mol. The van der Waals surface area contributed by atoms with E-state index in [0.717, 1.165) is 4.47 Å². The Labute approximate surface area is 90.0 Å². The molecular formula is C10H16BrNSi. The first-order valence-electron chi connectivity index (χ1n) is 4.40. The number of benzene rings is 1. The summed E-state index contributed by atoms with van der Waals surface area (Å²) in [6, 6.07) is 8.49. The lowest BCUT2D eigenvalue weighted by atomic mass is 10.3. The summed E-state index contributed by atoms with van der Waals surface area (Å²) in [6.45, 7) is 7.03. The van der Waals surface area contributed by atoms with Crippen molar-refractivity contribution in [3.05, 3.63) is 28.7 Å². The summed E-state index contributed by atoms with van der Waals surface area (Å²) in [5, 5.41) is 0. The van der Waals surface area contributed by atoms with E-state index in [0.29, 0.717) is 0 Å². The van der Waals surface area contributed by atoms with Crippen LogP contribution in [0.25, 0.3) is 0 Å². The van der Waals surface area contributed by atoms with Crippen molar-refractivity contribution >= 4 is 29.9 Å². The minimum absolute atomic E-state index is 1.14. The fraction of sp³-hybridized carbons (Fsp3) is 0.400. The van der Waals surface area contributed by atoms with Gasteiger partial charge in [0.15, 0.2) is 0 Å². The van der Waals surface area contributed by atoms with Crippen LogP contribution in [0.5, 0.6) is 0 Å². The molecule has 0 aliphatic carbocycles. The predicted octanol–water partition coefficient (Wildman–Crippen LogP) is 3.72. The van der Waals surface area contributed by atoms with Gasteiger partial charge in [-0.15, -0.1) is 0 Å². The SMILES string of the molecule is CN(c1ccc(Br)cc1)[Si](C)(C)C. The van der Waals surface area contributed by atoms with Crippen molar-refractivity contribution in [3.63, 3.8) is 0 Å². The summed E-state index contributed by atoms with van der Waals surface area (Å²) in [5.41, 5.74) is 1.31. The van der Waals surface area contributed by atoms with Crippen molar-refractivity contribution in [3.8, 4) is 0 Å². The molecule has 3 heteroatoms. The van der Waals surface area contributed by atoms with Crippen LogP contribution in [0.1, 0.15) is 0 Å². The van der Waals surface area contributed by atoms with Crippen LogP contribution in [0.15, 0.2) is 28.7 Å². The van der Waals surface area contributed by atoms with Gasteiger partial charge in [0.25, 0.3) is 0 Å². The van der Waals surface area contributed by atoms with Crippen molar-refractivity contribution in [1.82, 2.24) is 0 Å². The molecule has 0 aromatic heterocycles. The Morgan fingerprint density at radius 1 is 1.08 bits per heavy atom. The van der Waals surface area contributed by atoms with Crippen LogP contribution in [0, 0.1) is 0 Å². The van der Waals surface area contributed by atoms with Gasteiger partial charge in [0.05, 0.1) is 0 Å². The zero-order valence-corrected chi connectivity index (χ0v) is 11.2. The van der Waals surface area contributed by atoms with Crippen LogP contribution in [0.2, 0.25) is 19.6 Å². The molecule has 0 aliphatic heterocycles. The molecule has 0 N–H and O–H groups in total. The average molecular weight is 258 g/mol. The van der Waals surface area contributed by atoms with Crippen LogP contribution in [-0.2, 0) is 0 Å². The first-order chi connectivity index (χ1) is 5.91. The maximum atomic E-state index is 3.44. The first kappa shape index (κ1) is 10.8. The molecule has 72 valence electrons. The lowest BCUT2D eigenvalue weighted by Crippen LogP contribution is -2.43. The molecule has 13 heavy (non-hydrogen) atoms. The summed E-state index contributed by atoms with van der Waals surface area (Å²) in [5.74, 6) is 0. The summed E-state index contributed by atoms with van der Waals surface area (Å²) >= 11 is 3.44. The van der Waals surface area contributed by atoms with E-state index in [1.807, 2.05) is 0 Å². The van der Waals surface area contributed by atoms with Gasteiger partial charge in [-0.2, -0.15) is 0 Å². The minimum atomic E-state index is -1.20. The Hall–Kier alpha value is -0.283. The van der Waals surface area contributed by atoms with Gasteiger partial charge in [0, 0.05) is 10.2 Å². The predicted molar refractivity (Wildman–Crippen MR) is 65.9 cm³/mol. The maximum absolute atomic E-state index is 3.44. The van der Waals surface area contributed by atoms with E-state index < -0.39 is 8.24 Å². The van der Waals surface area contributed by atoms with Crippen molar-refractivity contribution < 1.29 is 0 Å². The zero-order valence-electron chi connectivity index (χ0n) is 8.63. The van der Waals surface area contributed by atoms with Gasteiger partial charge in [-0.25, -0.2) is 0 Å². The Balaban J connectivity index is 2.90. The van der Waals surface area contributed by atoms with Crippen LogP contribution < -0.4 is 4.57 Å². The maximum Gasteiger partial charge on any atom is 0.147 e. The first-order valence-corrected chi connectivity index (χ1v) is 8.64. The van der Waals surface area contributed by atoms with Crippen molar-refractivity contribution in [1.29, 1.82) is 0 Å². The van der Waals surface area contributed by atoms with Crippen molar-refractivity contribution in [2.75, 3.05) is 11.6 Å². The van der Waals surface area contributed by atoms with Gasteiger partial charge < -0.3 is 4.57 Å². The highest BCUT2D eigenvalue weighted by molar-refractivity contribution is 9.10. The molecule has 0 saturated heterocycles. The molecule has 0 bridgehead atoms. The summed E-state index contributed by atoms with van der Waals surface area (Å²) in [4.78, 5) is 0. The molecule has 0 fully saturated rings. The smallest absolute Gasteiger partial charge is 0.147 e. The van der Waals surface area contributed by atoms with Crippen LogP contribution in [0.3, 0.4) is 0 Å². The van der Waals surface area contributed by atoms with Gasteiger partial charge >= 0.3 is 0 Å². The third kappa shape index (κ3) is 2.85. The number of rotatable bonds is 2. The standard InChI is InChI=1S/C10H16BrNSi/c1-12(13(2,3)4)10-7-5-9(11)6-8-10/h5-8H,1-4H3. The number of halogens is 1. The second kappa shape index (κ2) is 3.84. The molecule has 0 saturated carbocycles. The molecule has 0 atom stereocenters. The van der Waals surface area contributed by atoms with E-state index in [1.54, 1.807) is 0 Å². The highest BCUT2D eigenvalue weighted by Gasteiger charge is 2.19. The van der Waals surface area contributed by atoms with Gasteiger partial charge in [0.2, 0.25) is 0 Å². The molecule has 0 aliphatic rings. The fourth-order valence-electron chi connectivity index (χ4n) is 1.05. The van der Waals surface area contributed by atoms with E-state index >= 15 is 0 Å². The summed E-state index contributed by atoms with van der Waals surface area (Å²) in [7, 11) is 0.975. The van der Waals surface area contributed by atoms with Gasteiger partial charge in [-0.3, -0.25) is 0 Å². The van der Waals surface area contributed by atoms with Gasteiger partial charge in [0.1, 0.15) is 8.24 Å². The third-order valence-electron chi connectivity index (χ3n) is 2.22. The van der Waals surface area contributed by atoms with E-state index in [1.165, 1.54) is 5.69 Å². The van der Waals surface area contributed by atoms with Crippen LogP contribution >= 0.6 is 15.9 Å². The molecule has 0 spiro atoms. The van der Waals surface area contributed by atoms with Gasteiger partial charge in [-0.05, 0) is 31.3 Å². The lowest BCUT2D eigenvalue weighted by Gasteiger charge is -2.32. The van der Waals surface area contributed by atoms with Crippen molar-refractivity contribution in [2.24, 2.45) is 0 Å². The molecule has 0 unspecified atom stereocenters. The average Bonchev–Trinajstić information content (AvgIpc) is 2.03. The Kier molecular flexibility index (Phi) is 3.19. The number of anilines is 1. The molecule has 1 rings (SSSR count). The normalized spacial score (nSPS) is 11.5. The van der Waals surface area contributed by atoms with E-state index in [2.05, 4.69) is 71.4 Å². The largest absolute Gasteiger partial charge is 0.401 e. The monoisotopic (exact) mass is 257 g/mol. The minimum Gasteiger partial charge on any atom is -0.401 e. The molecule has 0 amide bonds. The zero-order chi connectivity index (χ0) is 10.1. The lowest BCUT2D eigenvalue weighted by molar-refractivity contribution is 1.25. The summed E-state index contributed by atoms with van der Waals surface area (Å²) in [6.07, 6.45) is 0. The molecule has 1 aromatic rings. The third-order valence-corrected chi connectivity index (χ3v) is 5.02. The van der Waals surface area contributed by atoms with E-state index in [9.17, 15) is 0 Å². The Morgan fingerprint density at radius 3 is 1.92 bits per heavy atom. The topological polar surface area (TPSA) is 3.24 Å². The molecule has 0 heterocycles. The fourth-order valence-corrected chi connectivity index (χ4v) is 2.24. The van der Waals surface area contributed by atoms with Crippen molar-refractivity contribution in [2.45, 2.75) is 19.6 Å². The summed E-state index contributed by atoms with van der Waals surface area (Å²) < 4.78 is 3.54. The molecule has 1 aromatic carbocycles.